The summed E-state index contributed by atoms with van der Waals surface area (Å²) in [5.41, 5.74) is 2.97. The van der Waals surface area contributed by atoms with E-state index in [1.165, 1.54) is 25.1 Å². The van der Waals surface area contributed by atoms with Crippen LogP contribution in [0.25, 0.3) is 0 Å². The highest BCUT2D eigenvalue weighted by Crippen LogP contribution is 2.54. The Morgan fingerprint density at radius 1 is 1.21 bits per heavy atom. The first kappa shape index (κ1) is 18.2. The van der Waals surface area contributed by atoms with E-state index in [9.17, 15) is 34.8 Å². The van der Waals surface area contributed by atoms with Crippen LogP contribution in [0.5, 0.6) is 5.75 Å². The van der Waals surface area contributed by atoms with Gasteiger partial charge in [0.2, 0.25) is 0 Å². The molecule has 0 radical (unpaired) electrons. The van der Waals surface area contributed by atoms with E-state index in [0.717, 1.165) is 0 Å². The van der Waals surface area contributed by atoms with Gasteiger partial charge in [-0.2, -0.15) is 0 Å². The van der Waals surface area contributed by atoms with Crippen LogP contribution in [0, 0.1) is 17.8 Å². The van der Waals surface area contributed by atoms with Crippen molar-refractivity contribution in [2.45, 2.75) is 25.4 Å². The van der Waals surface area contributed by atoms with Gasteiger partial charge in [0.25, 0.3) is 5.91 Å². The summed E-state index contributed by atoms with van der Waals surface area (Å²) in [5, 5.41) is 42.3. The molecule has 0 aliphatic heterocycles. The van der Waals surface area contributed by atoms with Gasteiger partial charge >= 0.3 is 0 Å². The Bertz CT molecular complexity index is 1020. The summed E-state index contributed by atoms with van der Waals surface area (Å²) >= 11 is 0. The summed E-state index contributed by atoms with van der Waals surface area (Å²) in [7, 11) is 0. The number of hydrogen-bond donors (Lipinski definition) is 5. The third kappa shape index (κ3) is 2.18. The lowest BCUT2D eigenvalue weighted by Gasteiger charge is -2.46. The number of benzene rings is 1. The van der Waals surface area contributed by atoms with Crippen LogP contribution >= 0.6 is 0 Å². The molecule has 0 saturated carbocycles. The Labute approximate surface area is 159 Å². The molecule has 4 rings (SSSR count). The predicted molar refractivity (Wildman–Crippen MR) is 95.2 cm³/mol. The van der Waals surface area contributed by atoms with Gasteiger partial charge in [-0.1, -0.05) is 12.1 Å². The number of phenolic OH excluding ortho intramolecular Hbond substituents is 1. The lowest BCUT2D eigenvalue weighted by Crippen LogP contribution is -2.49. The fourth-order valence-corrected chi connectivity index (χ4v) is 4.89. The quantitative estimate of drug-likeness (QED) is 0.453. The van der Waals surface area contributed by atoms with Gasteiger partial charge in [-0.3, -0.25) is 14.4 Å². The highest BCUT2D eigenvalue weighted by molar-refractivity contribution is 6.22. The maximum atomic E-state index is 13.1. The summed E-state index contributed by atoms with van der Waals surface area (Å²) in [4.78, 5) is 37.4. The zero-order valence-corrected chi connectivity index (χ0v) is 15.0. The number of amides is 1. The van der Waals surface area contributed by atoms with Gasteiger partial charge in [-0.05, 0) is 30.9 Å². The van der Waals surface area contributed by atoms with E-state index in [4.69, 9.17) is 5.73 Å². The summed E-state index contributed by atoms with van der Waals surface area (Å²) in [5.74, 6) is -6.62. The Kier molecular flexibility index (Phi) is 3.70. The van der Waals surface area contributed by atoms with E-state index in [2.05, 4.69) is 0 Å². The molecule has 3 aliphatic rings. The number of aliphatic hydroxyl groups is 3. The SMILES string of the molecule is C[C@@]1(O)c2cccc(O)c2C(=O)C2=C(O)C3C(=O)C(C(N)=O)=C(O)CC3CC21. The number of Topliss-reactive ketones (excluding diaryl/α,β-unsaturated/α-hetero) is 2. The standard InChI is InChI=1S/C20H19NO7/c1-20(28)8-3-2-4-10(22)13(8)18(26)14-9(20)5-7-6-11(23)15(19(21)27)17(25)12(7)16(14)24/h2-4,7,9,12,22-24,28H,5-6H2,1H3,(H2,21,27)/t7?,9?,12?,20-/m1/s1. The number of carbonyl (C=O) groups is 3. The minimum atomic E-state index is -1.59. The van der Waals surface area contributed by atoms with Crippen molar-refractivity contribution < 1.29 is 34.8 Å². The molecule has 1 aromatic carbocycles. The number of phenols is 1. The summed E-state index contributed by atoms with van der Waals surface area (Å²) in [6.07, 6.45) is 0.0411. The fraction of sp³-hybridized carbons (Fsp3) is 0.350. The molecule has 0 spiro atoms. The highest BCUT2D eigenvalue weighted by atomic mass is 16.3. The van der Waals surface area contributed by atoms with Crippen molar-refractivity contribution in [1.82, 2.24) is 0 Å². The normalized spacial score (nSPS) is 32.0. The third-order valence-electron chi connectivity index (χ3n) is 6.19. The van der Waals surface area contributed by atoms with E-state index in [0.29, 0.717) is 0 Å². The van der Waals surface area contributed by atoms with Gasteiger partial charge in [0.15, 0.2) is 11.6 Å². The monoisotopic (exact) mass is 385 g/mol. The maximum Gasteiger partial charge on any atom is 0.255 e. The second-order valence-corrected chi connectivity index (χ2v) is 7.76. The number of aliphatic hydroxyl groups excluding tert-OH is 2. The van der Waals surface area contributed by atoms with Gasteiger partial charge < -0.3 is 26.2 Å². The number of carbonyl (C=O) groups excluding carboxylic acids is 3. The fourth-order valence-electron chi connectivity index (χ4n) is 4.89. The van der Waals surface area contributed by atoms with E-state index in [-0.39, 0.29) is 35.3 Å². The summed E-state index contributed by atoms with van der Waals surface area (Å²) in [6.45, 7) is 1.48. The average molecular weight is 385 g/mol. The molecule has 0 saturated heterocycles. The molecule has 0 bridgehead atoms. The van der Waals surface area contributed by atoms with Crippen molar-refractivity contribution in [1.29, 1.82) is 0 Å². The number of nitrogens with two attached hydrogens (primary N) is 1. The molecule has 3 aliphatic carbocycles. The smallest absolute Gasteiger partial charge is 0.255 e. The van der Waals surface area contributed by atoms with E-state index in [1.54, 1.807) is 0 Å². The molecule has 6 N–H and O–H groups in total. The Morgan fingerprint density at radius 2 is 1.89 bits per heavy atom. The zero-order valence-electron chi connectivity index (χ0n) is 15.0. The molecular formula is C20H19NO7. The number of hydrogen-bond acceptors (Lipinski definition) is 7. The number of rotatable bonds is 1. The Hall–Kier alpha value is -3.13. The molecule has 3 unspecified atom stereocenters. The molecule has 0 aromatic heterocycles. The largest absolute Gasteiger partial charge is 0.511 e. The van der Waals surface area contributed by atoms with Gasteiger partial charge in [0, 0.05) is 17.9 Å². The summed E-state index contributed by atoms with van der Waals surface area (Å²) < 4.78 is 0. The van der Waals surface area contributed by atoms with Crippen molar-refractivity contribution in [2.75, 3.05) is 0 Å². The number of allylic oxidation sites excluding steroid dienone is 2. The Balaban J connectivity index is 1.93. The van der Waals surface area contributed by atoms with E-state index < -0.39 is 57.9 Å². The lowest BCUT2D eigenvalue weighted by atomic mass is 9.58. The van der Waals surface area contributed by atoms with Crippen molar-refractivity contribution in [3.05, 3.63) is 52.0 Å². The van der Waals surface area contributed by atoms with Crippen molar-refractivity contribution in [3.8, 4) is 5.75 Å². The molecule has 4 atom stereocenters. The molecule has 28 heavy (non-hydrogen) atoms. The van der Waals surface area contributed by atoms with Gasteiger partial charge in [-0.25, -0.2) is 0 Å². The van der Waals surface area contributed by atoms with Crippen LogP contribution in [0.4, 0.5) is 0 Å². The molecule has 8 nitrogen and oxygen atoms in total. The predicted octanol–water partition coefficient (Wildman–Crippen LogP) is 1.13. The van der Waals surface area contributed by atoms with Gasteiger partial charge in [0.05, 0.1) is 17.1 Å². The number of ketones is 2. The van der Waals surface area contributed by atoms with Crippen LogP contribution in [-0.2, 0) is 15.2 Å². The van der Waals surface area contributed by atoms with Crippen molar-refractivity contribution in [3.63, 3.8) is 0 Å². The highest BCUT2D eigenvalue weighted by Gasteiger charge is 2.55. The number of fused-ring (bicyclic) bond motifs is 3. The first-order valence-electron chi connectivity index (χ1n) is 8.86. The Morgan fingerprint density at radius 3 is 2.54 bits per heavy atom. The number of primary amides is 1. The van der Waals surface area contributed by atoms with Gasteiger partial charge in [0.1, 0.15) is 22.8 Å². The van der Waals surface area contributed by atoms with Crippen LogP contribution in [0.15, 0.2) is 40.9 Å². The van der Waals surface area contributed by atoms with Crippen LogP contribution in [0.1, 0.15) is 35.7 Å². The molecule has 0 fully saturated rings. The van der Waals surface area contributed by atoms with Crippen LogP contribution in [-0.4, -0.2) is 37.9 Å². The minimum absolute atomic E-state index is 0.0836. The van der Waals surface area contributed by atoms with Crippen molar-refractivity contribution >= 4 is 17.5 Å². The molecule has 1 aromatic rings. The molecule has 1 amide bonds. The van der Waals surface area contributed by atoms with Crippen LogP contribution < -0.4 is 5.73 Å². The van der Waals surface area contributed by atoms with E-state index in [1.807, 2.05) is 0 Å². The molecule has 0 heterocycles. The molecule has 8 heteroatoms. The second-order valence-electron chi connectivity index (χ2n) is 7.76. The molecular weight excluding hydrogens is 366 g/mol. The lowest BCUT2D eigenvalue weighted by molar-refractivity contribution is -0.126. The van der Waals surface area contributed by atoms with Crippen LogP contribution in [0.3, 0.4) is 0 Å². The second kappa shape index (κ2) is 5.68. The third-order valence-corrected chi connectivity index (χ3v) is 6.19. The topological polar surface area (TPSA) is 158 Å². The zero-order chi connectivity index (χ0) is 20.5. The summed E-state index contributed by atoms with van der Waals surface area (Å²) in [6, 6.07) is 4.34. The van der Waals surface area contributed by atoms with Crippen LogP contribution in [0.2, 0.25) is 0 Å². The maximum absolute atomic E-state index is 13.1. The average Bonchev–Trinajstić information content (AvgIpc) is 2.58. The first-order valence-corrected chi connectivity index (χ1v) is 8.86. The molecule has 146 valence electrons. The first-order chi connectivity index (χ1) is 13.1. The minimum Gasteiger partial charge on any atom is -0.511 e. The number of aromatic hydroxyl groups is 1. The van der Waals surface area contributed by atoms with E-state index >= 15 is 0 Å². The van der Waals surface area contributed by atoms with Crippen molar-refractivity contribution in [2.24, 2.45) is 23.5 Å². The van der Waals surface area contributed by atoms with Gasteiger partial charge in [-0.15, -0.1) is 0 Å².